The van der Waals surface area contributed by atoms with Crippen LogP contribution in [0.2, 0.25) is 0 Å². The molecule has 3 aliphatic rings. The molecule has 1 unspecified atom stereocenters. The number of carbonyl (C=O) groups is 2. The quantitative estimate of drug-likeness (QED) is 0.829. The minimum atomic E-state index is -0.292. The van der Waals surface area contributed by atoms with E-state index in [4.69, 9.17) is 0 Å². The summed E-state index contributed by atoms with van der Waals surface area (Å²) >= 11 is 0. The number of nitrogens with zero attached hydrogens (tertiary/aromatic N) is 1. The fraction of sp³-hybridized carbons (Fsp3) is 0.680. The molecule has 2 heterocycles. The Morgan fingerprint density at radius 1 is 1.31 bits per heavy atom. The Balaban J connectivity index is 1.71. The van der Waals surface area contributed by atoms with E-state index in [1.165, 1.54) is 16.7 Å². The average Bonchev–Trinajstić information content (AvgIpc) is 2.96. The van der Waals surface area contributed by atoms with E-state index in [9.17, 15) is 9.59 Å². The molecular formula is C25H36N2O2. The summed E-state index contributed by atoms with van der Waals surface area (Å²) in [6.07, 6.45) is 4.42. The van der Waals surface area contributed by atoms with E-state index >= 15 is 0 Å². The second kappa shape index (κ2) is 7.45. The van der Waals surface area contributed by atoms with Crippen LogP contribution in [0.25, 0.3) is 0 Å². The first-order chi connectivity index (χ1) is 13.7. The lowest BCUT2D eigenvalue weighted by Gasteiger charge is -2.39. The Bertz CT molecular complexity index is 817. The Hall–Kier alpha value is -1.84. The van der Waals surface area contributed by atoms with Crippen molar-refractivity contribution in [1.29, 1.82) is 0 Å². The number of nitrogens with one attached hydrogen (secondary N) is 1. The Kier molecular flexibility index (Phi) is 5.25. The fourth-order valence-corrected chi connectivity index (χ4v) is 6.69. The van der Waals surface area contributed by atoms with Crippen LogP contribution in [-0.2, 0) is 21.5 Å². The van der Waals surface area contributed by atoms with E-state index in [2.05, 4.69) is 63.0 Å². The molecule has 4 rings (SSSR count). The highest BCUT2D eigenvalue weighted by Gasteiger charge is 2.64. The van der Waals surface area contributed by atoms with Crippen molar-refractivity contribution in [2.45, 2.75) is 78.3 Å². The van der Waals surface area contributed by atoms with Gasteiger partial charge in [-0.05, 0) is 62.5 Å². The lowest BCUT2D eigenvalue weighted by atomic mass is 9.76. The zero-order valence-corrected chi connectivity index (χ0v) is 18.6. The largest absolute Gasteiger partial charge is 0.353 e. The second-order valence-electron chi connectivity index (χ2n) is 10.3. The molecule has 0 bridgehead atoms. The molecule has 0 aromatic heterocycles. The molecule has 1 aliphatic carbocycles. The fourth-order valence-electron chi connectivity index (χ4n) is 6.69. The number of carbonyl (C=O) groups excluding carboxylic acids is 2. The summed E-state index contributed by atoms with van der Waals surface area (Å²) in [7, 11) is 0. The van der Waals surface area contributed by atoms with Crippen LogP contribution in [0.5, 0.6) is 0 Å². The van der Waals surface area contributed by atoms with Gasteiger partial charge >= 0.3 is 0 Å². The van der Waals surface area contributed by atoms with Crippen LogP contribution >= 0.6 is 0 Å². The zero-order chi connectivity index (χ0) is 20.9. The Morgan fingerprint density at radius 2 is 2.07 bits per heavy atom. The molecule has 29 heavy (non-hydrogen) atoms. The van der Waals surface area contributed by atoms with Crippen LogP contribution in [0.3, 0.4) is 0 Å². The molecular weight excluding hydrogens is 360 g/mol. The molecule has 1 N–H and O–H groups in total. The van der Waals surface area contributed by atoms with Gasteiger partial charge in [0, 0.05) is 30.8 Å². The standard InChI is InChI=1S/C25H36N2O2/c1-15(2)11-18(5)26-24(29)23-17(4)14-25-20-9-8-16(3)12-19(20)7-6-10-27(25)22(28)13-21(23)25/h8-9,12,15,17-18,21,23H,6-7,10-11,13-14H2,1-5H3,(H,26,29)/t17-,18+,21-,23+,25?/m0/s1. The third-order valence-corrected chi connectivity index (χ3v) is 7.54. The normalized spacial score (nSPS) is 31.9. The Labute approximate surface area is 175 Å². The number of amides is 2. The van der Waals surface area contributed by atoms with E-state index in [1.807, 2.05) is 0 Å². The van der Waals surface area contributed by atoms with Gasteiger partial charge in [0.15, 0.2) is 0 Å². The second-order valence-corrected chi connectivity index (χ2v) is 10.3. The van der Waals surface area contributed by atoms with Gasteiger partial charge in [0.2, 0.25) is 11.8 Å². The van der Waals surface area contributed by atoms with E-state index in [0.717, 1.165) is 32.2 Å². The summed E-state index contributed by atoms with van der Waals surface area (Å²) in [5.74, 6) is 1.21. The maximum atomic E-state index is 13.4. The summed E-state index contributed by atoms with van der Waals surface area (Å²) in [4.78, 5) is 28.6. The van der Waals surface area contributed by atoms with Crippen LogP contribution in [0.1, 0.15) is 70.1 Å². The first-order valence-electron chi connectivity index (χ1n) is 11.4. The van der Waals surface area contributed by atoms with Crippen LogP contribution in [0.15, 0.2) is 18.2 Å². The molecule has 1 spiro atoms. The maximum absolute atomic E-state index is 13.4. The van der Waals surface area contributed by atoms with Crippen molar-refractivity contribution in [3.05, 3.63) is 34.9 Å². The molecule has 2 aliphatic heterocycles. The van der Waals surface area contributed by atoms with Gasteiger partial charge in [-0.1, -0.05) is 44.5 Å². The third kappa shape index (κ3) is 3.29. The van der Waals surface area contributed by atoms with Crippen LogP contribution in [0, 0.1) is 30.6 Å². The highest BCUT2D eigenvalue weighted by atomic mass is 16.2. The van der Waals surface area contributed by atoms with Gasteiger partial charge in [0.05, 0.1) is 5.54 Å². The summed E-state index contributed by atoms with van der Waals surface area (Å²) in [6, 6.07) is 6.90. The minimum absolute atomic E-state index is 0.0795. The van der Waals surface area contributed by atoms with Crippen molar-refractivity contribution in [3.8, 4) is 0 Å². The zero-order valence-electron chi connectivity index (χ0n) is 18.6. The van der Waals surface area contributed by atoms with E-state index in [1.54, 1.807) is 0 Å². The smallest absolute Gasteiger partial charge is 0.223 e. The molecule has 4 nitrogen and oxygen atoms in total. The predicted molar refractivity (Wildman–Crippen MR) is 115 cm³/mol. The van der Waals surface area contributed by atoms with Gasteiger partial charge in [-0.2, -0.15) is 0 Å². The Morgan fingerprint density at radius 3 is 2.79 bits per heavy atom. The minimum Gasteiger partial charge on any atom is -0.353 e. The molecule has 1 saturated heterocycles. The van der Waals surface area contributed by atoms with Crippen molar-refractivity contribution in [2.24, 2.45) is 23.7 Å². The van der Waals surface area contributed by atoms with Crippen LogP contribution in [-0.4, -0.2) is 29.3 Å². The van der Waals surface area contributed by atoms with Gasteiger partial charge in [0.1, 0.15) is 0 Å². The summed E-state index contributed by atoms with van der Waals surface area (Å²) in [5, 5.41) is 3.28. The highest BCUT2D eigenvalue weighted by molar-refractivity contribution is 5.86. The topological polar surface area (TPSA) is 49.4 Å². The van der Waals surface area contributed by atoms with Crippen molar-refractivity contribution in [2.75, 3.05) is 6.54 Å². The molecule has 4 heteroatoms. The number of aryl methyl sites for hydroxylation is 2. The van der Waals surface area contributed by atoms with E-state index in [-0.39, 0.29) is 41.1 Å². The van der Waals surface area contributed by atoms with E-state index < -0.39 is 0 Å². The first kappa shape index (κ1) is 20.4. The van der Waals surface area contributed by atoms with Gasteiger partial charge in [0.25, 0.3) is 0 Å². The van der Waals surface area contributed by atoms with E-state index in [0.29, 0.717) is 12.3 Å². The van der Waals surface area contributed by atoms with Crippen LogP contribution in [0.4, 0.5) is 0 Å². The molecule has 1 saturated carbocycles. The SMILES string of the molecule is Cc1ccc2c(c1)CCCN1C(=O)C[C@H]3[C@H](C(=O)N[C@H](C)CC(C)C)[C@@H](C)CC231. The van der Waals surface area contributed by atoms with Crippen molar-refractivity contribution >= 4 is 11.8 Å². The van der Waals surface area contributed by atoms with Crippen LogP contribution < -0.4 is 5.32 Å². The third-order valence-electron chi connectivity index (χ3n) is 7.54. The van der Waals surface area contributed by atoms with Crippen molar-refractivity contribution < 1.29 is 9.59 Å². The summed E-state index contributed by atoms with van der Waals surface area (Å²) in [5.41, 5.74) is 3.68. The lowest BCUT2D eigenvalue weighted by molar-refractivity contribution is -0.131. The average molecular weight is 397 g/mol. The molecule has 1 aromatic rings. The first-order valence-corrected chi connectivity index (χ1v) is 11.4. The van der Waals surface area contributed by atoms with Crippen molar-refractivity contribution in [3.63, 3.8) is 0 Å². The molecule has 158 valence electrons. The number of hydrogen-bond donors (Lipinski definition) is 1. The molecule has 0 radical (unpaired) electrons. The molecule has 5 atom stereocenters. The number of benzene rings is 1. The predicted octanol–water partition coefficient (Wildman–Crippen LogP) is 4.19. The van der Waals surface area contributed by atoms with Gasteiger partial charge < -0.3 is 10.2 Å². The lowest BCUT2D eigenvalue weighted by Crippen LogP contribution is -2.46. The van der Waals surface area contributed by atoms with Crippen molar-refractivity contribution in [1.82, 2.24) is 10.2 Å². The number of fused-ring (bicyclic) bond motifs is 1. The molecule has 2 fully saturated rings. The maximum Gasteiger partial charge on any atom is 0.223 e. The molecule has 2 amide bonds. The van der Waals surface area contributed by atoms with Gasteiger partial charge in [-0.15, -0.1) is 0 Å². The number of rotatable bonds is 4. The van der Waals surface area contributed by atoms with Gasteiger partial charge in [-0.3, -0.25) is 9.59 Å². The summed E-state index contributed by atoms with van der Waals surface area (Å²) in [6.45, 7) is 11.6. The number of hydrogen-bond acceptors (Lipinski definition) is 2. The van der Waals surface area contributed by atoms with Gasteiger partial charge in [-0.25, -0.2) is 0 Å². The highest BCUT2D eigenvalue weighted by Crippen LogP contribution is 2.60. The monoisotopic (exact) mass is 396 g/mol. The summed E-state index contributed by atoms with van der Waals surface area (Å²) < 4.78 is 0. The molecule has 1 aromatic carbocycles.